The quantitative estimate of drug-likeness (QED) is 0.712. The molecule has 1 N–H and O–H groups in total. The Morgan fingerprint density at radius 1 is 1.38 bits per heavy atom. The van der Waals surface area contributed by atoms with Crippen LogP contribution in [0.1, 0.15) is 17.5 Å². The van der Waals surface area contributed by atoms with Crippen molar-refractivity contribution in [2.75, 3.05) is 7.11 Å². The molecule has 0 amide bonds. The van der Waals surface area contributed by atoms with Crippen LogP contribution in [-0.4, -0.2) is 12.2 Å². The van der Waals surface area contributed by atoms with Crippen molar-refractivity contribution in [1.82, 2.24) is 0 Å². The molecular weight excluding hydrogens is 164 g/mol. The van der Waals surface area contributed by atoms with E-state index >= 15 is 0 Å². The van der Waals surface area contributed by atoms with Gasteiger partial charge >= 0.3 is 0 Å². The first-order valence-corrected chi connectivity index (χ1v) is 4.37. The van der Waals surface area contributed by atoms with Crippen molar-refractivity contribution in [2.45, 2.75) is 12.8 Å². The summed E-state index contributed by atoms with van der Waals surface area (Å²) in [6, 6.07) is 5.81. The molecule has 1 aromatic carbocycles. The predicted molar refractivity (Wildman–Crippen MR) is 51.9 cm³/mol. The summed E-state index contributed by atoms with van der Waals surface area (Å²) in [6.07, 6.45) is 3.77. The number of fused-ring (bicyclic) bond motifs is 1. The molecule has 0 aromatic heterocycles. The first kappa shape index (κ1) is 8.17. The van der Waals surface area contributed by atoms with Crippen LogP contribution in [-0.2, 0) is 6.42 Å². The first-order valence-electron chi connectivity index (χ1n) is 4.37. The van der Waals surface area contributed by atoms with Gasteiger partial charge in [-0.25, -0.2) is 0 Å². The molecule has 0 unspecified atom stereocenters. The summed E-state index contributed by atoms with van der Waals surface area (Å²) in [6.45, 7) is 0. The molecule has 2 heteroatoms. The molecule has 13 heavy (non-hydrogen) atoms. The Morgan fingerprint density at radius 3 is 3.00 bits per heavy atom. The second-order valence-corrected chi connectivity index (χ2v) is 3.15. The molecule has 1 aliphatic carbocycles. The lowest BCUT2D eigenvalue weighted by atomic mass is 9.96. The first-order chi connectivity index (χ1) is 6.31. The molecule has 1 aliphatic rings. The predicted octanol–water partition coefficient (Wildman–Crippen LogP) is 2.54. The van der Waals surface area contributed by atoms with Crippen LogP contribution < -0.4 is 4.74 Å². The van der Waals surface area contributed by atoms with E-state index in [1.54, 1.807) is 7.11 Å². The lowest BCUT2D eigenvalue weighted by Crippen LogP contribution is -1.99. The van der Waals surface area contributed by atoms with Crippen molar-refractivity contribution < 1.29 is 9.84 Å². The molecule has 0 atom stereocenters. The average Bonchev–Trinajstić information content (AvgIpc) is 2.18. The summed E-state index contributed by atoms with van der Waals surface area (Å²) in [5.41, 5.74) is 2.10. The molecule has 0 fully saturated rings. The van der Waals surface area contributed by atoms with Gasteiger partial charge in [-0.05, 0) is 36.6 Å². The fourth-order valence-corrected chi connectivity index (χ4v) is 1.61. The minimum absolute atomic E-state index is 0.375. The van der Waals surface area contributed by atoms with Gasteiger partial charge < -0.3 is 9.84 Å². The maximum absolute atomic E-state index is 9.59. The van der Waals surface area contributed by atoms with Crippen LogP contribution in [0.15, 0.2) is 24.3 Å². The molecule has 0 bridgehead atoms. The van der Waals surface area contributed by atoms with Crippen LogP contribution in [0.25, 0.3) is 5.76 Å². The molecule has 0 radical (unpaired) electrons. The molecule has 0 saturated carbocycles. The molecular formula is C11H12O2. The highest BCUT2D eigenvalue weighted by atomic mass is 16.5. The summed E-state index contributed by atoms with van der Waals surface area (Å²) in [4.78, 5) is 0. The van der Waals surface area contributed by atoms with Crippen molar-refractivity contribution in [3.8, 4) is 5.75 Å². The van der Waals surface area contributed by atoms with Gasteiger partial charge in [0.25, 0.3) is 0 Å². The lowest BCUT2D eigenvalue weighted by molar-refractivity contribution is 0.413. The number of aliphatic hydroxyl groups excluding tert-OH is 1. The van der Waals surface area contributed by atoms with E-state index in [1.807, 2.05) is 24.3 Å². The summed E-state index contributed by atoms with van der Waals surface area (Å²) >= 11 is 0. The molecule has 0 spiro atoms. The van der Waals surface area contributed by atoms with E-state index in [9.17, 15) is 5.11 Å². The maximum atomic E-state index is 9.59. The van der Waals surface area contributed by atoms with Crippen molar-refractivity contribution >= 4 is 5.76 Å². The summed E-state index contributed by atoms with van der Waals surface area (Å²) in [5, 5.41) is 9.59. The van der Waals surface area contributed by atoms with Crippen LogP contribution in [0.4, 0.5) is 0 Å². The van der Waals surface area contributed by atoms with Crippen molar-refractivity contribution in [1.29, 1.82) is 0 Å². The SMILES string of the molecule is COc1ccc2c(c1)C(O)=CCC2. The highest BCUT2D eigenvalue weighted by molar-refractivity contribution is 5.65. The third-order valence-corrected chi connectivity index (χ3v) is 2.34. The lowest BCUT2D eigenvalue weighted by Gasteiger charge is -2.14. The fraction of sp³-hybridized carbons (Fsp3) is 0.273. The molecule has 0 saturated heterocycles. The number of ether oxygens (including phenoxy) is 1. The van der Waals surface area contributed by atoms with Gasteiger partial charge in [-0.15, -0.1) is 0 Å². The van der Waals surface area contributed by atoms with Crippen molar-refractivity contribution in [2.24, 2.45) is 0 Å². The number of aliphatic hydroxyl groups is 1. The molecule has 2 nitrogen and oxygen atoms in total. The summed E-state index contributed by atoms with van der Waals surface area (Å²) in [5.74, 6) is 1.17. The zero-order chi connectivity index (χ0) is 9.26. The van der Waals surface area contributed by atoms with Gasteiger partial charge in [-0.3, -0.25) is 0 Å². The van der Waals surface area contributed by atoms with Crippen LogP contribution in [0.2, 0.25) is 0 Å². The zero-order valence-electron chi connectivity index (χ0n) is 7.58. The highest BCUT2D eigenvalue weighted by Gasteiger charge is 2.11. The van der Waals surface area contributed by atoms with Crippen LogP contribution in [0.3, 0.4) is 0 Å². The second kappa shape index (κ2) is 3.13. The van der Waals surface area contributed by atoms with Gasteiger partial charge in [-0.1, -0.05) is 6.07 Å². The number of benzene rings is 1. The topological polar surface area (TPSA) is 29.5 Å². The van der Waals surface area contributed by atoms with Crippen LogP contribution in [0, 0.1) is 0 Å². The fourth-order valence-electron chi connectivity index (χ4n) is 1.61. The van der Waals surface area contributed by atoms with E-state index in [-0.39, 0.29) is 0 Å². The van der Waals surface area contributed by atoms with E-state index in [4.69, 9.17) is 4.74 Å². The Hall–Kier alpha value is -1.44. The normalized spacial score (nSPS) is 14.7. The third kappa shape index (κ3) is 1.39. The number of allylic oxidation sites excluding steroid dienone is 1. The third-order valence-electron chi connectivity index (χ3n) is 2.34. The Kier molecular flexibility index (Phi) is 1.97. The highest BCUT2D eigenvalue weighted by Crippen LogP contribution is 2.27. The maximum Gasteiger partial charge on any atom is 0.119 e. The minimum Gasteiger partial charge on any atom is -0.508 e. The van der Waals surface area contributed by atoms with E-state index in [0.717, 1.165) is 24.2 Å². The Labute approximate surface area is 77.5 Å². The van der Waals surface area contributed by atoms with Crippen LogP contribution in [0.5, 0.6) is 5.75 Å². The number of hydrogen-bond acceptors (Lipinski definition) is 2. The van der Waals surface area contributed by atoms with E-state index in [2.05, 4.69) is 0 Å². The van der Waals surface area contributed by atoms with Crippen molar-refractivity contribution in [3.05, 3.63) is 35.4 Å². The average molecular weight is 176 g/mol. The molecule has 0 heterocycles. The Morgan fingerprint density at radius 2 is 2.23 bits per heavy atom. The van der Waals surface area contributed by atoms with Gasteiger partial charge in [0.1, 0.15) is 11.5 Å². The van der Waals surface area contributed by atoms with E-state index < -0.39 is 0 Å². The standard InChI is InChI=1S/C11H12O2/c1-13-9-6-5-8-3-2-4-11(12)10(8)7-9/h4-7,12H,2-3H2,1H3. The van der Waals surface area contributed by atoms with Crippen molar-refractivity contribution in [3.63, 3.8) is 0 Å². The second-order valence-electron chi connectivity index (χ2n) is 3.15. The number of rotatable bonds is 1. The largest absolute Gasteiger partial charge is 0.508 e. The molecule has 68 valence electrons. The van der Waals surface area contributed by atoms with Gasteiger partial charge in [0, 0.05) is 5.56 Å². The van der Waals surface area contributed by atoms with E-state index in [1.165, 1.54) is 5.56 Å². The minimum atomic E-state index is 0.375. The monoisotopic (exact) mass is 176 g/mol. The Balaban J connectivity index is 2.50. The molecule has 1 aromatic rings. The smallest absolute Gasteiger partial charge is 0.119 e. The summed E-state index contributed by atoms with van der Waals surface area (Å²) in [7, 11) is 1.63. The van der Waals surface area contributed by atoms with E-state index in [0.29, 0.717) is 5.76 Å². The number of methoxy groups -OCH3 is 1. The van der Waals surface area contributed by atoms with Gasteiger partial charge in [-0.2, -0.15) is 0 Å². The zero-order valence-corrected chi connectivity index (χ0v) is 7.58. The van der Waals surface area contributed by atoms with Gasteiger partial charge in [0.05, 0.1) is 7.11 Å². The summed E-state index contributed by atoms with van der Waals surface area (Å²) < 4.78 is 5.09. The van der Waals surface area contributed by atoms with Crippen LogP contribution >= 0.6 is 0 Å². The Bertz CT molecular complexity index is 353. The number of aryl methyl sites for hydroxylation is 1. The number of hydrogen-bond donors (Lipinski definition) is 1. The molecule has 0 aliphatic heterocycles. The van der Waals surface area contributed by atoms with Gasteiger partial charge in [0.2, 0.25) is 0 Å². The van der Waals surface area contributed by atoms with Gasteiger partial charge in [0.15, 0.2) is 0 Å². The molecule has 2 rings (SSSR count).